The van der Waals surface area contributed by atoms with Crippen molar-refractivity contribution in [3.05, 3.63) is 0 Å². The molecule has 4 heteroatoms. The Hall–Kier alpha value is -0.160. The van der Waals surface area contributed by atoms with Crippen molar-refractivity contribution in [2.45, 2.75) is 32.2 Å². The van der Waals surface area contributed by atoms with Crippen molar-refractivity contribution in [2.24, 2.45) is 5.73 Å². The second kappa shape index (κ2) is 8.86. The van der Waals surface area contributed by atoms with E-state index < -0.39 is 0 Å². The van der Waals surface area contributed by atoms with Crippen LogP contribution in [0.4, 0.5) is 0 Å². The van der Waals surface area contributed by atoms with Crippen LogP contribution in [0.25, 0.3) is 0 Å². The number of ether oxygens (including phenoxy) is 1. The van der Waals surface area contributed by atoms with Crippen LogP contribution in [0.15, 0.2) is 0 Å². The van der Waals surface area contributed by atoms with Crippen molar-refractivity contribution in [1.29, 1.82) is 0 Å². The van der Waals surface area contributed by atoms with E-state index in [-0.39, 0.29) is 0 Å². The van der Waals surface area contributed by atoms with Crippen LogP contribution in [0.2, 0.25) is 0 Å². The number of nitrogens with two attached hydrogens (primary N) is 1. The summed E-state index contributed by atoms with van der Waals surface area (Å²) in [5, 5.41) is 0. The van der Waals surface area contributed by atoms with Gasteiger partial charge in [0.05, 0.1) is 0 Å². The average Bonchev–Trinajstić information content (AvgIpc) is 2.32. The Kier molecular flexibility index (Phi) is 7.77. The van der Waals surface area contributed by atoms with Crippen LogP contribution in [0.3, 0.4) is 0 Å². The molecular weight excluding hydrogens is 214 g/mol. The maximum atomic E-state index is 6.13. The van der Waals surface area contributed by atoms with Crippen molar-refractivity contribution in [3.63, 3.8) is 0 Å². The fourth-order valence-electron chi connectivity index (χ4n) is 2.42. The van der Waals surface area contributed by atoms with Crippen LogP contribution < -0.4 is 5.73 Å². The predicted octanol–water partition coefficient (Wildman–Crippen LogP) is 0.768. The van der Waals surface area contributed by atoms with Gasteiger partial charge >= 0.3 is 0 Å². The van der Waals surface area contributed by atoms with Crippen LogP contribution in [-0.4, -0.2) is 68.8 Å². The molecule has 1 unspecified atom stereocenters. The molecule has 0 aromatic carbocycles. The topological polar surface area (TPSA) is 41.7 Å². The van der Waals surface area contributed by atoms with Gasteiger partial charge in [0.2, 0.25) is 0 Å². The van der Waals surface area contributed by atoms with Gasteiger partial charge in [0, 0.05) is 52.5 Å². The van der Waals surface area contributed by atoms with Crippen LogP contribution >= 0.6 is 0 Å². The van der Waals surface area contributed by atoms with Crippen molar-refractivity contribution in [1.82, 2.24) is 9.80 Å². The van der Waals surface area contributed by atoms with E-state index in [1.165, 1.54) is 39.1 Å². The zero-order valence-electron chi connectivity index (χ0n) is 11.5. The average molecular weight is 243 g/mol. The predicted molar refractivity (Wildman–Crippen MR) is 72.3 cm³/mol. The van der Waals surface area contributed by atoms with Gasteiger partial charge in [-0.05, 0) is 25.8 Å². The molecule has 4 nitrogen and oxygen atoms in total. The second-order valence-corrected chi connectivity index (χ2v) is 5.04. The molecule has 0 aliphatic carbocycles. The highest BCUT2D eigenvalue weighted by Gasteiger charge is 2.17. The van der Waals surface area contributed by atoms with Crippen LogP contribution in [0.1, 0.15) is 26.2 Å². The van der Waals surface area contributed by atoms with Crippen LogP contribution in [0, 0.1) is 0 Å². The number of hydrogen-bond acceptors (Lipinski definition) is 4. The first-order valence-corrected chi connectivity index (χ1v) is 6.95. The van der Waals surface area contributed by atoms with Crippen molar-refractivity contribution in [3.8, 4) is 0 Å². The fourth-order valence-corrected chi connectivity index (χ4v) is 2.42. The summed E-state index contributed by atoms with van der Waals surface area (Å²) in [6.07, 6.45) is 3.41. The minimum absolute atomic E-state index is 0.308. The summed E-state index contributed by atoms with van der Waals surface area (Å²) in [4.78, 5) is 5.05. The number of methoxy groups -OCH3 is 1. The van der Waals surface area contributed by atoms with E-state index in [4.69, 9.17) is 10.5 Å². The lowest BCUT2D eigenvalue weighted by Crippen LogP contribution is -2.49. The molecule has 0 aromatic rings. The van der Waals surface area contributed by atoms with E-state index >= 15 is 0 Å². The van der Waals surface area contributed by atoms with Crippen molar-refractivity contribution < 1.29 is 4.74 Å². The van der Waals surface area contributed by atoms with Gasteiger partial charge in [0.15, 0.2) is 0 Å². The first-order valence-electron chi connectivity index (χ1n) is 6.95. The Labute approximate surface area is 106 Å². The molecule has 1 aliphatic rings. The molecule has 17 heavy (non-hydrogen) atoms. The summed E-state index contributed by atoms with van der Waals surface area (Å²) in [6.45, 7) is 10.1. The Morgan fingerprint density at radius 3 is 2.41 bits per heavy atom. The third kappa shape index (κ3) is 6.36. The van der Waals surface area contributed by atoms with Gasteiger partial charge in [-0.15, -0.1) is 0 Å². The Morgan fingerprint density at radius 2 is 1.82 bits per heavy atom. The molecule has 0 saturated carbocycles. The van der Waals surface area contributed by atoms with Crippen molar-refractivity contribution >= 4 is 0 Å². The monoisotopic (exact) mass is 243 g/mol. The molecule has 1 saturated heterocycles. The Balaban J connectivity index is 2.08. The number of hydrogen-bond donors (Lipinski definition) is 1. The Bertz CT molecular complexity index is 182. The maximum absolute atomic E-state index is 6.13. The van der Waals surface area contributed by atoms with E-state index in [0.29, 0.717) is 6.04 Å². The molecule has 1 heterocycles. The normalized spacial score (nSPS) is 20.6. The highest BCUT2D eigenvalue weighted by Crippen LogP contribution is 2.05. The standard InChI is InChI=1S/C13H29N3O/c1-3-6-15-7-9-16(10-8-15)12-13(14)5-4-11-17-2/h13H,3-12,14H2,1-2H3. The fraction of sp³-hybridized carbons (Fsp3) is 1.00. The lowest BCUT2D eigenvalue weighted by molar-refractivity contribution is 0.124. The summed E-state index contributed by atoms with van der Waals surface area (Å²) in [5.74, 6) is 0. The third-order valence-corrected chi connectivity index (χ3v) is 3.42. The van der Waals surface area contributed by atoms with Gasteiger partial charge in [-0.1, -0.05) is 6.92 Å². The maximum Gasteiger partial charge on any atom is 0.0462 e. The largest absolute Gasteiger partial charge is 0.385 e. The molecule has 0 aromatic heterocycles. The third-order valence-electron chi connectivity index (χ3n) is 3.42. The first-order chi connectivity index (χ1) is 8.26. The molecule has 2 N–H and O–H groups in total. The summed E-state index contributed by atoms with van der Waals surface area (Å²) in [7, 11) is 1.75. The highest BCUT2D eigenvalue weighted by atomic mass is 16.5. The van der Waals surface area contributed by atoms with Crippen LogP contribution in [0.5, 0.6) is 0 Å². The molecule has 1 fully saturated rings. The van der Waals surface area contributed by atoms with E-state index in [9.17, 15) is 0 Å². The van der Waals surface area contributed by atoms with Gasteiger partial charge in [0.25, 0.3) is 0 Å². The zero-order chi connectivity index (χ0) is 12.5. The smallest absolute Gasteiger partial charge is 0.0462 e. The summed E-state index contributed by atoms with van der Waals surface area (Å²) < 4.78 is 5.05. The molecule has 0 spiro atoms. The first kappa shape index (κ1) is 14.9. The lowest BCUT2D eigenvalue weighted by atomic mass is 10.1. The van der Waals surface area contributed by atoms with E-state index in [1.807, 2.05) is 0 Å². The molecule has 1 rings (SSSR count). The SMILES string of the molecule is CCCN1CCN(CC(N)CCCOC)CC1. The minimum atomic E-state index is 0.308. The summed E-state index contributed by atoms with van der Waals surface area (Å²) >= 11 is 0. The van der Waals surface area contributed by atoms with Crippen LogP contribution in [-0.2, 0) is 4.74 Å². The Morgan fingerprint density at radius 1 is 1.18 bits per heavy atom. The molecule has 1 aliphatic heterocycles. The molecular formula is C13H29N3O. The second-order valence-electron chi connectivity index (χ2n) is 5.04. The highest BCUT2D eigenvalue weighted by molar-refractivity contribution is 4.75. The lowest BCUT2D eigenvalue weighted by Gasteiger charge is -2.35. The van der Waals surface area contributed by atoms with E-state index in [2.05, 4.69) is 16.7 Å². The van der Waals surface area contributed by atoms with E-state index in [1.54, 1.807) is 7.11 Å². The van der Waals surface area contributed by atoms with Gasteiger partial charge in [-0.25, -0.2) is 0 Å². The van der Waals surface area contributed by atoms with Gasteiger partial charge in [0.1, 0.15) is 0 Å². The molecule has 102 valence electrons. The quantitative estimate of drug-likeness (QED) is 0.639. The molecule has 1 atom stereocenters. The summed E-state index contributed by atoms with van der Waals surface area (Å²) in [5.41, 5.74) is 6.13. The minimum Gasteiger partial charge on any atom is -0.385 e. The van der Waals surface area contributed by atoms with Gasteiger partial charge in [-0.2, -0.15) is 0 Å². The number of nitrogens with zero attached hydrogens (tertiary/aromatic N) is 2. The summed E-state index contributed by atoms with van der Waals surface area (Å²) in [6, 6.07) is 0.308. The number of rotatable bonds is 8. The van der Waals surface area contributed by atoms with Gasteiger partial charge in [-0.3, -0.25) is 4.90 Å². The number of piperazine rings is 1. The molecule has 0 bridgehead atoms. The van der Waals surface area contributed by atoms with Crippen molar-refractivity contribution in [2.75, 3.05) is 53.0 Å². The zero-order valence-corrected chi connectivity index (χ0v) is 11.5. The molecule has 0 amide bonds. The molecule has 0 radical (unpaired) electrons. The van der Waals surface area contributed by atoms with Gasteiger partial charge < -0.3 is 15.4 Å². The van der Waals surface area contributed by atoms with E-state index in [0.717, 1.165) is 26.0 Å².